The van der Waals surface area contributed by atoms with E-state index < -0.39 is 23.6 Å². The van der Waals surface area contributed by atoms with E-state index in [9.17, 15) is 18.4 Å². The molecule has 0 aromatic heterocycles. The zero-order valence-corrected chi connectivity index (χ0v) is 16.7. The zero-order chi connectivity index (χ0) is 21.5. The van der Waals surface area contributed by atoms with E-state index in [0.29, 0.717) is 19.4 Å². The number of benzene rings is 2. The minimum Gasteiger partial charge on any atom is -0.436 e. The molecule has 1 fully saturated rings. The van der Waals surface area contributed by atoms with Crippen LogP contribution in [-0.4, -0.2) is 36.0 Å². The maximum absolute atomic E-state index is 14.9. The Kier molecular flexibility index (Phi) is 5.38. The number of rotatable bonds is 3. The van der Waals surface area contributed by atoms with E-state index in [2.05, 4.69) is 5.32 Å². The number of nitrogens with two attached hydrogens (primary N) is 1. The second kappa shape index (κ2) is 7.85. The standard InChI is InChI=1S/C21H20ClF2N3O3/c22-14-6-7-16-17(18(14)24)21(30-20(29)26-16)8-1-9-27(11-21)19(28)15(25)10-12-2-4-13(23)5-3-12/h2-7,15H,1,8-11,25H2,(H,26,29)/t15-,21-/m0/s1. The molecule has 2 atom stereocenters. The fraction of sp³-hybridized carbons (Fsp3) is 0.333. The zero-order valence-electron chi connectivity index (χ0n) is 16.0. The Bertz CT molecular complexity index is 1000. The number of carbonyl (C=O) groups excluding carboxylic acids is 2. The maximum Gasteiger partial charge on any atom is 0.412 e. The van der Waals surface area contributed by atoms with Crippen LogP contribution in [0.4, 0.5) is 19.3 Å². The maximum atomic E-state index is 14.9. The summed E-state index contributed by atoms with van der Waals surface area (Å²) in [7, 11) is 0. The molecule has 2 aromatic rings. The molecule has 6 nitrogen and oxygen atoms in total. The molecule has 0 saturated carbocycles. The predicted molar refractivity (Wildman–Crippen MR) is 107 cm³/mol. The van der Waals surface area contributed by atoms with E-state index >= 15 is 0 Å². The van der Waals surface area contributed by atoms with Gasteiger partial charge < -0.3 is 15.4 Å². The van der Waals surface area contributed by atoms with Crippen molar-refractivity contribution in [3.63, 3.8) is 0 Å². The van der Waals surface area contributed by atoms with Gasteiger partial charge in [-0.05, 0) is 49.1 Å². The molecule has 0 radical (unpaired) electrons. The number of anilines is 1. The summed E-state index contributed by atoms with van der Waals surface area (Å²) in [4.78, 5) is 26.6. The Labute approximate surface area is 176 Å². The summed E-state index contributed by atoms with van der Waals surface area (Å²) in [5.74, 6) is -1.40. The van der Waals surface area contributed by atoms with Gasteiger partial charge in [-0.2, -0.15) is 0 Å². The second-order valence-electron chi connectivity index (χ2n) is 7.59. The third-order valence-electron chi connectivity index (χ3n) is 5.53. The van der Waals surface area contributed by atoms with Crippen molar-refractivity contribution in [1.29, 1.82) is 0 Å². The molecule has 2 heterocycles. The lowest BCUT2D eigenvalue weighted by molar-refractivity contribution is -0.140. The van der Waals surface area contributed by atoms with Gasteiger partial charge >= 0.3 is 6.09 Å². The Morgan fingerprint density at radius 2 is 2.00 bits per heavy atom. The molecular formula is C21H20ClF2N3O3. The highest BCUT2D eigenvalue weighted by Gasteiger charge is 2.48. The van der Waals surface area contributed by atoms with Crippen LogP contribution in [0.3, 0.4) is 0 Å². The van der Waals surface area contributed by atoms with Crippen molar-refractivity contribution in [2.45, 2.75) is 30.9 Å². The highest BCUT2D eigenvalue weighted by Crippen LogP contribution is 2.45. The average molecular weight is 436 g/mol. The Morgan fingerprint density at radius 1 is 1.27 bits per heavy atom. The largest absolute Gasteiger partial charge is 0.436 e. The van der Waals surface area contributed by atoms with E-state index in [-0.39, 0.29) is 41.0 Å². The minimum absolute atomic E-state index is 0.0271. The van der Waals surface area contributed by atoms with Crippen LogP contribution in [0.25, 0.3) is 0 Å². The lowest BCUT2D eigenvalue weighted by Crippen LogP contribution is -2.56. The topological polar surface area (TPSA) is 84.7 Å². The van der Waals surface area contributed by atoms with Crippen molar-refractivity contribution in [3.8, 4) is 0 Å². The van der Waals surface area contributed by atoms with Crippen LogP contribution < -0.4 is 11.1 Å². The van der Waals surface area contributed by atoms with E-state index in [1.807, 2.05) is 0 Å². The van der Waals surface area contributed by atoms with Gasteiger partial charge in [0.1, 0.15) is 5.82 Å². The molecule has 0 unspecified atom stereocenters. The minimum atomic E-state index is -1.34. The lowest BCUT2D eigenvalue weighted by atomic mass is 9.82. The molecule has 1 saturated heterocycles. The predicted octanol–water partition coefficient (Wildman–Crippen LogP) is 3.57. The quantitative estimate of drug-likeness (QED) is 0.772. The van der Waals surface area contributed by atoms with Gasteiger partial charge in [-0.3, -0.25) is 10.1 Å². The normalized spacial score (nSPS) is 21.6. The van der Waals surface area contributed by atoms with Crippen molar-refractivity contribution >= 4 is 29.3 Å². The molecule has 0 aliphatic carbocycles. The first-order valence-corrected chi connectivity index (χ1v) is 9.94. The number of nitrogens with one attached hydrogen (secondary N) is 1. The molecule has 158 valence electrons. The average Bonchev–Trinajstić information content (AvgIpc) is 2.71. The van der Waals surface area contributed by atoms with Gasteiger partial charge in [0, 0.05) is 6.54 Å². The fourth-order valence-electron chi connectivity index (χ4n) is 4.16. The second-order valence-corrected chi connectivity index (χ2v) is 8.00. The number of halogens is 3. The van der Waals surface area contributed by atoms with E-state index in [1.165, 1.54) is 29.2 Å². The van der Waals surface area contributed by atoms with E-state index in [1.54, 1.807) is 12.1 Å². The van der Waals surface area contributed by atoms with Crippen molar-refractivity contribution < 1.29 is 23.1 Å². The first-order valence-electron chi connectivity index (χ1n) is 9.56. The van der Waals surface area contributed by atoms with Crippen molar-refractivity contribution in [3.05, 3.63) is 64.2 Å². The lowest BCUT2D eigenvalue weighted by Gasteiger charge is -2.45. The van der Waals surface area contributed by atoms with Crippen molar-refractivity contribution in [2.24, 2.45) is 5.73 Å². The SMILES string of the molecule is N[C@@H](Cc1ccc(F)cc1)C(=O)N1CCC[C@@]2(C1)OC(=O)Nc1ccc(Cl)c(F)c12. The molecule has 9 heteroatoms. The van der Waals surface area contributed by atoms with Gasteiger partial charge in [-0.15, -0.1) is 0 Å². The van der Waals surface area contributed by atoms with Crippen LogP contribution in [0, 0.1) is 11.6 Å². The number of hydrogen-bond acceptors (Lipinski definition) is 4. The molecule has 4 rings (SSSR count). The number of nitrogens with zero attached hydrogens (tertiary/aromatic N) is 1. The van der Waals surface area contributed by atoms with E-state index in [0.717, 1.165) is 5.56 Å². The van der Waals surface area contributed by atoms with Gasteiger partial charge in [0.05, 0.1) is 28.9 Å². The number of likely N-dealkylation sites (tertiary alicyclic amines) is 1. The van der Waals surface area contributed by atoms with Gasteiger partial charge in [0.25, 0.3) is 0 Å². The summed E-state index contributed by atoms with van der Waals surface area (Å²) < 4.78 is 33.6. The first kappa shape index (κ1) is 20.6. The third-order valence-corrected chi connectivity index (χ3v) is 5.82. The highest BCUT2D eigenvalue weighted by atomic mass is 35.5. The van der Waals surface area contributed by atoms with E-state index in [4.69, 9.17) is 22.1 Å². The molecule has 1 spiro atoms. The monoisotopic (exact) mass is 435 g/mol. The molecular weight excluding hydrogens is 416 g/mol. The van der Waals surface area contributed by atoms with Gasteiger partial charge in [0.2, 0.25) is 5.91 Å². The summed E-state index contributed by atoms with van der Waals surface area (Å²) >= 11 is 5.96. The molecule has 2 aliphatic heterocycles. The van der Waals surface area contributed by atoms with Gasteiger partial charge in [-0.25, -0.2) is 13.6 Å². The number of piperidine rings is 1. The van der Waals surface area contributed by atoms with Crippen LogP contribution >= 0.6 is 11.6 Å². The molecule has 0 bridgehead atoms. The first-order chi connectivity index (χ1) is 14.3. The number of fused-ring (bicyclic) bond motifs is 2. The fourth-order valence-corrected chi connectivity index (χ4v) is 4.32. The molecule has 3 N–H and O–H groups in total. The summed E-state index contributed by atoms with van der Waals surface area (Å²) in [6.45, 7) is 0.376. The highest BCUT2D eigenvalue weighted by molar-refractivity contribution is 6.31. The van der Waals surface area contributed by atoms with Crippen LogP contribution in [-0.2, 0) is 21.6 Å². The van der Waals surface area contributed by atoms with Gasteiger partial charge in [0.15, 0.2) is 11.4 Å². The third kappa shape index (κ3) is 3.73. The van der Waals surface area contributed by atoms with Crippen LogP contribution in [0.5, 0.6) is 0 Å². The van der Waals surface area contributed by atoms with Gasteiger partial charge in [-0.1, -0.05) is 23.7 Å². The number of carbonyl (C=O) groups is 2. The van der Waals surface area contributed by atoms with Crippen LogP contribution in [0.2, 0.25) is 5.02 Å². The summed E-state index contributed by atoms with van der Waals surface area (Å²) in [6, 6.07) is 7.76. The molecule has 2 amide bonds. The Hall–Kier alpha value is -2.71. The molecule has 2 aromatic carbocycles. The summed E-state index contributed by atoms with van der Waals surface area (Å²) in [5.41, 5.74) is 5.91. The van der Waals surface area contributed by atoms with Crippen LogP contribution in [0.15, 0.2) is 36.4 Å². The van der Waals surface area contributed by atoms with Crippen LogP contribution in [0.1, 0.15) is 24.0 Å². The summed E-state index contributed by atoms with van der Waals surface area (Å²) in [5, 5.41) is 2.39. The molecule has 30 heavy (non-hydrogen) atoms. The summed E-state index contributed by atoms with van der Waals surface area (Å²) in [6.07, 6.45) is 0.352. The molecule has 2 aliphatic rings. The number of ether oxygens (including phenoxy) is 1. The number of amides is 2. The Balaban J connectivity index is 1.59. The Morgan fingerprint density at radius 3 is 2.73 bits per heavy atom. The van der Waals surface area contributed by atoms with Crippen molar-refractivity contribution in [1.82, 2.24) is 4.90 Å². The number of hydrogen-bond donors (Lipinski definition) is 2. The smallest absolute Gasteiger partial charge is 0.412 e. The van der Waals surface area contributed by atoms with Crippen molar-refractivity contribution in [2.75, 3.05) is 18.4 Å².